The molecule has 1 rings (SSSR count). The van der Waals surface area contributed by atoms with Gasteiger partial charge in [0, 0.05) is 23.7 Å². The summed E-state index contributed by atoms with van der Waals surface area (Å²) in [5.74, 6) is 0.924. The van der Waals surface area contributed by atoms with Crippen molar-refractivity contribution in [2.45, 2.75) is 39.3 Å². The van der Waals surface area contributed by atoms with Crippen LogP contribution in [0.5, 0.6) is 5.75 Å². The molecule has 1 unspecified atom stereocenters. The van der Waals surface area contributed by atoms with Crippen molar-refractivity contribution in [1.82, 2.24) is 4.90 Å². The number of methoxy groups -OCH3 is 1. The first-order valence-electron chi connectivity index (χ1n) is 6.88. The number of oxime groups is 1. The molecule has 1 atom stereocenters. The van der Waals surface area contributed by atoms with E-state index in [-0.39, 0.29) is 5.84 Å². The Balaban J connectivity index is 2.96. The summed E-state index contributed by atoms with van der Waals surface area (Å²) >= 11 is 0. The van der Waals surface area contributed by atoms with Gasteiger partial charge in [-0.25, -0.2) is 0 Å². The van der Waals surface area contributed by atoms with E-state index < -0.39 is 0 Å². The molecule has 1 aromatic carbocycles. The van der Waals surface area contributed by atoms with Crippen molar-refractivity contribution in [1.29, 1.82) is 0 Å². The SMILES string of the molecule is CCCC(C)N(C)Cc1cc(/C(N)=N/O)ccc1OC. The van der Waals surface area contributed by atoms with Crippen molar-refractivity contribution in [3.63, 3.8) is 0 Å². The van der Waals surface area contributed by atoms with Crippen molar-refractivity contribution >= 4 is 5.84 Å². The Hall–Kier alpha value is -1.75. The number of hydrogen-bond donors (Lipinski definition) is 2. The second-order valence-electron chi connectivity index (χ2n) is 5.06. The van der Waals surface area contributed by atoms with Crippen LogP contribution in [0.15, 0.2) is 23.4 Å². The summed E-state index contributed by atoms with van der Waals surface area (Å²) < 4.78 is 5.38. The minimum Gasteiger partial charge on any atom is -0.496 e. The average Bonchev–Trinajstić information content (AvgIpc) is 2.46. The Morgan fingerprint density at radius 2 is 2.20 bits per heavy atom. The molecule has 5 heteroatoms. The van der Waals surface area contributed by atoms with Gasteiger partial charge < -0.3 is 15.7 Å². The molecule has 112 valence electrons. The molecule has 0 aliphatic heterocycles. The average molecular weight is 279 g/mol. The molecule has 0 saturated carbocycles. The first-order valence-corrected chi connectivity index (χ1v) is 6.88. The lowest BCUT2D eigenvalue weighted by Gasteiger charge is -2.25. The fourth-order valence-corrected chi connectivity index (χ4v) is 2.18. The number of nitrogens with zero attached hydrogens (tertiary/aromatic N) is 2. The molecule has 5 nitrogen and oxygen atoms in total. The third kappa shape index (κ3) is 4.13. The molecular formula is C15H25N3O2. The van der Waals surface area contributed by atoms with Crippen LogP contribution in [0.4, 0.5) is 0 Å². The summed E-state index contributed by atoms with van der Waals surface area (Å²) in [7, 11) is 3.74. The molecule has 0 spiro atoms. The van der Waals surface area contributed by atoms with Gasteiger partial charge in [0.2, 0.25) is 0 Å². The number of hydrogen-bond acceptors (Lipinski definition) is 4. The summed E-state index contributed by atoms with van der Waals surface area (Å²) in [5.41, 5.74) is 7.36. The van der Waals surface area contributed by atoms with E-state index in [1.54, 1.807) is 13.2 Å². The minimum absolute atomic E-state index is 0.109. The minimum atomic E-state index is 0.109. The van der Waals surface area contributed by atoms with E-state index >= 15 is 0 Å². The van der Waals surface area contributed by atoms with Gasteiger partial charge in [0.05, 0.1) is 7.11 Å². The summed E-state index contributed by atoms with van der Waals surface area (Å²) in [6.07, 6.45) is 2.31. The van der Waals surface area contributed by atoms with E-state index in [0.29, 0.717) is 11.6 Å². The molecule has 0 saturated heterocycles. The van der Waals surface area contributed by atoms with Crippen LogP contribution in [0, 0.1) is 0 Å². The molecule has 0 radical (unpaired) electrons. The number of ether oxygens (including phenoxy) is 1. The zero-order valence-corrected chi connectivity index (χ0v) is 12.8. The summed E-state index contributed by atoms with van der Waals surface area (Å²) in [4.78, 5) is 2.28. The maximum atomic E-state index is 8.77. The van der Waals surface area contributed by atoms with Gasteiger partial charge >= 0.3 is 0 Å². The number of nitrogens with two attached hydrogens (primary N) is 1. The van der Waals surface area contributed by atoms with Crippen LogP contribution in [-0.2, 0) is 6.54 Å². The van der Waals surface area contributed by atoms with Crippen LogP contribution < -0.4 is 10.5 Å². The van der Waals surface area contributed by atoms with Crippen molar-refractivity contribution in [3.05, 3.63) is 29.3 Å². The third-order valence-corrected chi connectivity index (χ3v) is 3.56. The third-order valence-electron chi connectivity index (χ3n) is 3.56. The summed E-state index contributed by atoms with van der Waals surface area (Å²) in [6.45, 7) is 5.16. The normalized spacial score (nSPS) is 13.6. The first-order chi connectivity index (χ1) is 9.53. The van der Waals surface area contributed by atoms with E-state index in [2.05, 4.69) is 31.0 Å². The zero-order valence-electron chi connectivity index (χ0n) is 12.8. The lowest BCUT2D eigenvalue weighted by molar-refractivity contribution is 0.233. The van der Waals surface area contributed by atoms with Gasteiger partial charge in [0.15, 0.2) is 5.84 Å². The van der Waals surface area contributed by atoms with Gasteiger partial charge in [-0.05, 0) is 38.6 Å². The highest BCUT2D eigenvalue weighted by atomic mass is 16.5. The highest BCUT2D eigenvalue weighted by Crippen LogP contribution is 2.22. The van der Waals surface area contributed by atoms with E-state index in [0.717, 1.165) is 30.7 Å². The molecule has 0 aliphatic carbocycles. The fourth-order valence-electron chi connectivity index (χ4n) is 2.18. The Morgan fingerprint density at radius 1 is 1.50 bits per heavy atom. The highest BCUT2D eigenvalue weighted by molar-refractivity contribution is 5.97. The largest absolute Gasteiger partial charge is 0.496 e. The van der Waals surface area contributed by atoms with E-state index in [9.17, 15) is 0 Å². The molecule has 3 N–H and O–H groups in total. The van der Waals surface area contributed by atoms with Gasteiger partial charge in [-0.15, -0.1) is 0 Å². The van der Waals surface area contributed by atoms with Gasteiger partial charge in [-0.1, -0.05) is 18.5 Å². The van der Waals surface area contributed by atoms with Crippen LogP contribution in [-0.4, -0.2) is 36.1 Å². The molecule has 20 heavy (non-hydrogen) atoms. The van der Waals surface area contributed by atoms with Crippen LogP contribution >= 0.6 is 0 Å². The fraction of sp³-hybridized carbons (Fsp3) is 0.533. The van der Waals surface area contributed by atoms with Crippen LogP contribution in [0.2, 0.25) is 0 Å². The van der Waals surface area contributed by atoms with E-state index in [1.165, 1.54) is 0 Å². The monoisotopic (exact) mass is 279 g/mol. The lowest BCUT2D eigenvalue weighted by Crippen LogP contribution is -2.28. The Morgan fingerprint density at radius 3 is 2.75 bits per heavy atom. The maximum Gasteiger partial charge on any atom is 0.170 e. The smallest absolute Gasteiger partial charge is 0.170 e. The molecule has 0 amide bonds. The lowest BCUT2D eigenvalue weighted by atomic mass is 10.1. The Kier molecular flexibility index (Phi) is 6.31. The number of rotatable bonds is 7. The van der Waals surface area contributed by atoms with Gasteiger partial charge in [-0.2, -0.15) is 0 Å². The van der Waals surface area contributed by atoms with Crippen molar-refractivity contribution in [2.24, 2.45) is 10.9 Å². The highest BCUT2D eigenvalue weighted by Gasteiger charge is 2.13. The standard InChI is InChI=1S/C15H25N3O2/c1-5-6-11(2)18(3)10-13-9-12(15(16)17-19)7-8-14(13)20-4/h7-9,11,19H,5-6,10H2,1-4H3,(H2,16,17). The zero-order chi connectivity index (χ0) is 15.1. The maximum absolute atomic E-state index is 8.77. The van der Waals surface area contributed by atoms with E-state index in [4.69, 9.17) is 15.7 Å². The van der Waals surface area contributed by atoms with Gasteiger partial charge in [0.1, 0.15) is 5.75 Å². The van der Waals surface area contributed by atoms with Crippen LogP contribution in [0.1, 0.15) is 37.8 Å². The van der Waals surface area contributed by atoms with Crippen molar-refractivity contribution < 1.29 is 9.94 Å². The summed E-state index contributed by atoms with van der Waals surface area (Å²) in [6, 6.07) is 6.04. The second-order valence-corrected chi connectivity index (χ2v) is 5.06. The topological polar surface area (TPSA) is 71.1 Å². The van der Waals surface area contributed by atoms with E-state index in [1.807, 2.05) is 12.1 Å². The number of amidine groups is 1. The molecule has 0 heterocycles. The second kappa shape index (κ2) is 7.75. The molecular weight excluding hydrogens is 254 g/mol. The molecule has 1 aromatic rings. The number of benzene rings is 1. The first kappa shape index (κ1) is 16.3. The summed E-state index contributed by atoms with van der Waals surface area (Å²) in [5, 5.41) is 11.8. The predicted molar refractivity (Wildman–Crippen MR) is 81.3 cm³/mol. The van der Waals surface area contributed by atoms with Gasteiger partial charge in [0.25, 0.3) is 0 Å². The molecule has 0 aliphatic rings. The van der Waals surface area contributed by atoms with Crippen molar-refractivity contribution in [2.75, 3.05) is 14.2 Å². The van der Waals surface area contributed by atoms with Crippen molar-refractivity contribution in [3.8, 4) is 5.75 Å². The Bertz CT molecular complexity index is 460. The quantitative estimate of drug-likeness (QED) is 0.348. The van der Waals surface area contributed by atoms with Crippen LogP contribution in [0.3, 0.4) is 0 Å². The molecule has 0 bridgehead atoms. The molecule has 0 fully saturated rings. The Labute approximate surface area is 121 Å². The van der Waals surface area contributed by atoms with Gasteiger partial charge in [-0.3, -0.25) is 4.90 Å². The predicted octanol–water partition coefficient (Wildman–Crippen LogP) is 2.41. The van der Waals surface area contributed by atoms with Crippen LogP contribution in [0.25, 0.3) is 0 Å². The molecule has 0 aromatic heterocycles.